The minimum Gasteiger partial charge on any atom is -0.455 e. The number of hydrogen-bond donors (Lipinski definition) is 0. The average Bonchev–Trinajstić information content (AvgIpc) is 0.821. The van der Waals surface area contributed by atoms with Gasteiger partial charge >= 0.3 is 5.97 Å². The summed E-state index contributed by atoms with van der Waals surface area (Å²) >= 11 is 0. The van der Waals surface area contributed by atoms with Crippen molar-refractivity contribution in [1.29, 1.82) is 0 Å². The maximum Gasteiger partial charge on any atom is 0.335 e. The van der Waals surface area contributed by atoms with Gasteiger partial charge in [0.2, 0.25) is 0 Å². The number of carbonyl (C=O) groups excluding carboxylic acids is 1. The summed E-state index contributed by atoms with van der Waals surface area (Å²) in [6.07, 6.45) is 3.47. The van der Waals surface area contributed by atoms with Crippen molar-refractivity contribution in [3.63, 3.8) is 0 Å². The lowest BCUT2D eigenvalue weighted by Gasteiger charge is -2.62. The molecule has 0 spiro atoms. The van der Waals surface area contributed by atoms with E-state index in [1.165, 1.54) is 37.9 Å². The number of fused-ring (bicyclic) bond motifs is 11. The van der Waals surface area contributed by atoms with Crippen molar-refractivity contribution in [3.05, 3.63) is 205 Å². The molecule has 0 amide bonds. The van der Waals surface area contributed by atoms with Gasteiger partial charge in [-0.25, -0.2) is 4.79 Å². The Balaban J connectivity index is 0.574. The highest BCUT2D eigenvalue weighted by molar-refractivity contribution is 5.85. The lowest BCUT2D eigenvalue weighted by molar-refractivity contribution is -0.383. The van der Waals surface area contributed by atoms with E-state index >= 15 is 4.79 Å². The van der Waals surface area contributed by atoms with Gasteiger partial charge in [-0.2, -0.15) is 0 Å². The first-order chi connectivity index (χ1) is 56.1. The Bertz CT molecular complexity index is 4780. The first kappa shape index (κ1) is 80.5. The quantitative estimate of drug-likeness (QED) is 0.0337. The third-order valence-corrected chi connectivity index (χ3v) is 28.0. The SMILES string of the molecule is C=C[C@@H](C)[C@H]1O[C@@]2(C)[C@H](OCc3ccc4ccccc4c3)[C@H]3O[C@H]4C[C@H]5OC(C)(C)OCC[C@@H]5O[C@]4(C)C[C@@H]3O[C@@H]2C[C@@H]1O[C@@H]1CC[C@@H]2O[C@@H]3C[C@@H]4O[C@H](C[C@@H](C[C@@H]5C[C@@H](C)[C@@H]([C@@H](C)CCOCc6ccc7ccccc7c6)O5)OCc5ccc6ccccc6c5)[C@@H](OCc5ccc6ccccc6c5)CC[C@H]4O[C@@]3(C)C[C@@]2(C)OC1=O. The van der Waals surface area contributed by atoms with Crippen LogP contribution in [0.15, 0.2) is 183 Å². The molecule has 0 bridgehead atoms. The summed E-state index contributed by atoms with van der Waals surface area (Å²) in [5.74, 6) is -0.745. The first-order valence-electron chi connectivity index (χ1n) is 43.5. The fourth-order valence-electron chi connectivity index (χ4n) is 21.7. The van der Waals surface area contributed by atoms with Gasteiger partial charge in [-0.05, 0) is 194 Å². The molecule has 17 heteroatoms. The number of ether oxygens (including phenoxy) is 16. The van der Waals surface area contributed by atoms with E-state index in [-0.39, 0.29) is 73.1 Å². The van der Waals surface area contributed by atoms with Gasteiger partial charge < -0.3 is 75.8 Å². The minimum atomic E-state index is -1.04. The zero-order chi connectivity index (χ0) is 79.7. The molecule has 8 aromatic rings. The molecule has 10 fully saturated rings. The van der Waals surface area contributed by atoms with Gasteiger partial charge in [0.05, 0.1) is 142 Å². The molecule has 0 aliphatic carbocycles. The van der Waals surface area contributed by atoms with Crippen molar-refractivity contribution >= 4 is 49.1 Å². The maximum absolute atomic E-state index is 15.2. The Morgan fingerprint density at radius 2 is 1.09 bits per heavy atom. The topological polar surface area (TPSA) is 165 Å². The summed E-state index contributed by atoms with van der Waals surface area (Å²) < 4.78 is 114. The van der Waals surface area contributed by atoms with Gasteiger partial charge in [0, 0.05) is 51.0 Å². The first-order valence-corrected chi connectivity index (χ1v) is 43.5. The number of benzene rings is 8. The molecule has 10 saturated heterocycles. The Labute approximate surface area is 684 Å². The van der Waals surface area contributed by atoms with Crippen LogP contribution in [-0.4, -0.2) is 163 Å². The lowest BCUT2D eigenvalue weighted by atomic mass is 9.72. The highest BCUT2D eigenvalue weighted by atomic mass is 16.7. The Morgan fingerprint density at radius 3 is 1.73 bits per heavy atom. The predicted molar refractivity (Wildman–Crippen MR) is 445 cm³/mol. The number of rotatable bonds is 23. The van der Waals surface area contributed by atoms with Crippen molar-refractivity contribution < 1.29 is 80.6 Å². The molecular formula is C99H120O17. The summed E-state index contributed by atoms with van der Waals surface area (Å²) in [5.41, 5.74) is 0.852. The smallest absolute Gasteiger partial charge is 0.335 e. The molecule has 618 valence electrons. The molecule has 0 aromatic heterocycles. The molecule has 10 aliphatic rings. The van der Waals surface area contributed by atoms with Gasteiger partial charge in [0.1, 0.15) is 23.4 Å². The molecule has 0 radical (unpaired) electrons. The average molecular weight is 1580 g/mol. The van der Waals surface area contributed by atoms with Gasteiger partial charge in [0.25, 0.3) is 0 Å². The summed E-state index contributed by atoms with van der Waals surface area (Å²) in [6.45, 7) is 26.4. The van der Waals surface area contributed by atoms with Gasteiger partial charge in [0.15, 0.2) is 11.9 Å². The summed E-state index contributed by atoms with van der Waals surface area (Å²) in [5, 5.41) is 9.51. The second-order valence-electron chi connectivity index (χ2n) is 37.2. The van der Waals surface area contributed by atoms with Crippen LogP contribution in [0.2, 0.25) is 0 Å². The Hall–Kier alpha value is -6.59. The van der Waals surface area contributed by atoms with Gasteiger partial charge in [-0.3, -0.25) is 0 Å². The lowest BCUT2D eigenvalue weighted by Crippen LogP contribution is -2.75. The molecule has 18 rings (SSSR count). The molecule has 0 N–H and O–H groups in total. The molecule has 116 heavy (non-hydrogen) atoms. The van der Waals surface area contributed by atoms with E-state index in [1.807, 2.05) is 26.8 Å². The highest BCUT2D eigenvalue weighted by Gasteiger charge is 2.67. The van der Waals surface area contributed by atoms with Crippen molar-refractivity contribution in [1.82, 2.24) is 0 Å². The third-order valence-electron chi connectivity index (χ3n) is 28.0. The van der Waals surface area contributed by atoms with Crippen LogP contribution < -0.4 is 0 Å². The molecule has 17 nitrogen and oxygen atoms in total. The van der Waals surface area contributed by atoms with Crippen LogP contribution in [0, 0.1) is 17.8 Å². The maximum atomic E-state index is 15.2. The largest absolute Gasteiger partial charge is 0.455 e. The van der Waals surface area contributed by atoms with Crippen molar-refractivity contribution in [2.75, 3.05) is 13.2 Å². The van der Waals surface area contributed by atoms with Crippen LogP contribution in [0.3, 0.4) is 0 Å². The van der Waals surface area contributed by atoms with E-state index in [9.17, 15) is 0 Å². The van der Waals surface area contributed by atoms with E-state index < -0.39 is 83.0 Å². The fourth-order valence-corrected chi connectivity index (χ4v) is 21.7. The molecule has 10 aliphatic heterocycles. The van der Waals surface area contributed by atoms with E-state index in [4.69, 9.17) is 75.8 Å². The fraction of sp³-hybridized carbons (Fsp3) is 0.566. The summed E-state index contributed by atoms with van der Waals surface area (Å²) in [4.78, 5) is 15.2. The summed E-state index contributed by atoms with van der Waals surface area (Å²) in [7, 11) is 0. The summed E-state index contributed by atoms with van der Waals surface area (Å²) in [6, 6.07) is 60.2. The molecule has 10 heterocycles. The van der Waals surface area contributed by atoms with Crippen LogP contribution in [0.25, 0.3) is 43.1 Å². The van der Waals surface area contributed by atoms with Crippen LogP contribution in [-0.2, 0) is 107 Å². The number of esters is 1. The number of carbonyl (C=O) groups is 1. The van der Waals surface area contributed by atoms with Crippen LogP contribution >= 0.6 is 0 Å². The molecule has 0 unspecified atom stereocenters. The van der Waals surface area contributed by atoms with Crippen LogP contribution in [0.5, 0.6) is 0 Å². The van der Waals surface area contributed by atoms with Gasteiger partial charge in [-0.15, -0.1) is 6.58 Å². The second kappa shape index (κ2) is 33.4. The van der Waals surface area contributed by atoms with Crippen LogP contribution in [0.4, 0.5) is 0 Å². The zero-order valence-electron chi connectivity index (χ0n) is 69.2. The zero-order valence-corrected chi connectivity index (χ0v) is 69.2. The Morgan fingerprint density at radius 1 is 0.500 bits per heavy atom. The predicted octanol–water partition coefficient (Wildman–Crippen LogP) is 18.7. The Kier molecular flexibility index (Phi) is 23.2. The van der Waals surface area contributed by atoms with Crippen molar-refractivity contribution in [2.24, 2.45) is 17.8 Å². The normalized spacial score (nSPS) is 37.0. The second-order valence-corrected chi connectivity index (χ2v) is 37.2. The molecule has 26 atom stereocenters. The van der Waals surface area contributed by atoms with Gasteiger partial charge in [-0.1, -0.05) is 172 Å². The van der Waals surface area contributed by atoms with Crippen molar-refractivity contribution in [3.8, 4) is 0 Å². The molecule has 0 saturated carbocycles. The molecular weight excluding hydrogens is 1460 g/mol. The van der Waals surface area contributed by atoms with E-state index in [1.54, 1.807) is 0 Å². The van der Waals surface area contributed by atoms with E-state index in [0.29, 0.717) is 129 Å². The third kappa shape index (κ3) is 16.9. The standard InChI is InChI=1S/C99H120O17/c1-11-60(2)91-84(53-89-99(10,115-91)93(104-58-66-31-35-70-23-15-19-27-74(70)48-66)92-85(109-89)54-96(7)87(111-92)52-83-79(113-96)41-43-105-95(5,6)112-83)107-80-38-39-86-97(8,116-94(80)100)59-98(9)88(110-86)51-82-78(114-98)37-36-77(103-57-65-30-34-69-22-14-18-26-73(69)47-65)81(108-82)50-75(102-56-64-29-33-68-21-13-17-25-72(68)46-64)49-76-44-62(4)90(106-76)61(3)40-42-101-55-63-28-32-67-20-12-16-24-71(67)45-63/h11-35,45-48,60-62,75-93H,1,36-44,49-59H2,2-10H3/t60-,61+,62-,75-,76+,77+,78-,79+,80-,81-,82+,83-,84+,85+,86+,87+,88-,89-,90-,91-,92+,93-,96-,97-,98+,99-/m1/s1. The van der Waals surface area contributed by atoms with E-state index in [2.05, 4.69) is 218 Å². The monoisotopic (exact) mass is 1580 g/mol. The highest BCUT2D eigenvalue weighted by Crippen LogP contribution is 2.55. The number of hydrogen-bond acceptors (Lipinski definition) is 17. The van der Waals surface area contributed by atoms with Crippen molar-refractivity contribution in [2.45, 2.75) is 323 Å². The molecule has 8 aromatic carbocycles. The minimum absolute atomic E-state index is 0.0219. The van der Waals surface area contributed by atoms with Crippen LogP contribution in [0.1, 0.15) is 174 Å². The van der Waals surface area contributed by atoms with E-state index in [0.717, 1.165) is 40.3 Å².